The molecule has 0 aliphatic carbocycles. The summed E-state index contributed by atoms with van der Waals surface area (Å²) >= 11 is 10.6. The summed E-state index contributed by atoms with van der Waals surface area (Å²) in [4.78, 5) is 16.9. The SMILES string of the molecule is Cc1nc(Sc2ncnc(Cl)c2Br)nc(C)c1C. The standard InChI is InChI=1S/C11H10BrClN4S/c1-5-6(2)16-11(17-7(5)3)18-10-8(12)9(13)14-4-15-10/h4H,1-3H3. The summed E-state index contributed by atoms with van der Waals surface area (Å²) in [5.41, 5.74) is 3.06. The van der Waals surface area contributed by atoms with Gasteiger partial charge in [0.05, 0.1) is 4.47 Å². The Kier molecular flexibility index (Phi) is 4.19. The smallest absolute Gasteiger partial charge is 0.194 e. The van der Waals surface area contributed by atoms with E-state index in [0.717, 1.165) is 17.0 Å². The van der Waals surface area contributed by atoms with E-state index in [9.17, 15) is 0 Å². The number of hydrogen-bond donors (Lipinski definition) is 0. The lowest BCUT2D eigenvalue weighted by molar-refractivity contribution is 0.876. The molecular weight excluding hydrogens is 336 g/mol. The van der Waals surface area contributed by atoms with Crippen LogP contribution in [0, 0.1) is 20.8 Å². The van der Waals surface area contributed by atoms with Gasteiger partial charge in [-0.1, -0.05) is 11.6 Å². The van der Waals surface area contributed by atoms with Gasteiger partial charge >= 0.3 is 0 Å². The quantitative estimate of drug-likeness (QED) is 0.613. The highest BCUT2D eigenvalue weighted by Gasteiger charge is 2.12. The number of nitrogens with zero attached hydrogens (tertiary/aromatic N) is 4. The Morgan fingerprint density at radius 1 is 1.11 bits per heavy atom. The predicted octanol–water partition coefficient (Wildman–Crippen LogP) is 3.76. The lowest BCUT2D eigenvalue weighted by atomic mass is 10.2. The molecule has 0 unspecified atom stereocenters. The van der Waals surface area contributed by atoms with Crippen LogP contribution in [0.4, 0.5) is 0 Å². The molecule has 0 N–H and O–H groups in total. The second kappa shape index (κ2) is 5.50. The van der Waals surface area contributed by atoms with E-state index in [1.807, 2.05) is 20.8 Å². The Hall–Kier alpha value is -0.720. The van der Waals surface area contributed by atoms with Crippen molar-refractivity contribution < 1.29 is 0 Å². The third-order valence-electron chi connectivity index (χ3n) is 2.52. The highest BCUT2D eigenvalue weighted by atomic mass is 79.9. The monoisotopic (exact) mass is 344 g/mol. The molecule has 2 rings (SSSR count). The van der Waals surface area contributed by atoms with E-state index in [4.69, 9.17) is 11.6 Å². The molecule has 0 aliphatic rings. The van der Waals surface area contributed by atoms with Gasteiger partial charge in [0.25, 0.3) is 0 Å². The van der Waals surface area contributed by atoms with E-state index < -0.39 is 0 Å². The van der Waals surface area contributed by atoms with Gasteiger partial charge in [-0.3, -0.25) is 0 Å². The van der Waals surface area contributed by atoms with E-state index in [1.165, 1.54) is 18.1 Å². The van der Waals surface area contributed by atoms with Crippen LogP contribution in [0.3, 0.4) is 0 Å². The maximum absolute atomic E-state index is 5.92. The Balaban J connectivity index is 2.37. The Morgan fingerprint density at radius 3 is 2.33 bits per heavy atom. The number of aryl methyl sites for hydroxylation is 2. The first-order valence-corrected chi connectivity index (χ1v) is 7.13. The molecule has 0 aromatic carbocycles. The van der Waals surface area contributed by atoms with Crippen LogP contribution in [0.1, 0.15) is 17.0 Å². The summed E-state index contributed by atoms with van der Waals surface area (Å²) in [6, 6.07) is 0. The van der Waals surface area contributed by atoms with Crippen LogP contribution in [0.2, 0.25) is 5.15 Å². The Labute approximate surface area is 123 Å². The van der Waals surface area contributed by atoms with Crippen LogP contribution in [0.5, 0.6) is 0 Å². The van der Waals surface area contributed by atoms with Crippen LogP contribution in [0.25, 0.3) is 0 Å². The molecule has 0 amide bonds. The Bertz CT molecular complexity index is 583. The van der Waals surface area contributed by atoms with Crippen molar-refractivity contribution in [2.24, 2.45) is 0 Å². The molecule has 2 aromatic rings. The van der Waals surface area contributed by atoms with Gasteiger partial charge in [-0.25, -0.2) is 19.9 Å². The number of hydrogen-bond acceptors (Lipinski definition) is 5. The van der Waals surface area contributed by atoms with E-state index >= 15 is 0 Å². The van der Waals surface area contributed by atoms with Crippen molar-refractivity contribution in [1.82, 2.24) is 19.9 Å². The van der Waals surface area contributed by atoms with Gasteiger partial charge in [-0.05, 0) is 54.0 Å². The third-order valence-corrected chi connectivity index (χ3v) is 4.91. The second-order valence-electron chi connectivity index (χ2n) is 3.69. The molecule has 0 fully saturated rings. The van der Waals surface area contributed by atoms with Gasteiger partial charge in [0.15, 0.2) is 5.16 Å². The van der Waals surface area contributed by atoms with Crippen LogP contribution in [0.15, 0.2) is 21.0 Å². The molecule has 0 saturated heterocycles. The van der Waals surface area contributed by atoms with Gasteiger partial charge in [-0.2, -0.15) is 0 Å². The first kappa shape index (κ1) is 13.7. The lowest BCUT2D eigenvalue weighted by Gasteiger charge is -2.07. The summed E-state index contributed by atoms with van der Waals surface area (Å²) in [5, 5.41) is 1.75. The van der Waals surface area contributed by atoms with Crippen molar-refractivity contribution in [3.63, 3.8) is 0 Å². The van der Waals surface area contributed by atoms with Crippen molar-refractivity contribution in [3.8, 4) is 0 Å². The maximum atomic E-state index is 5.92. The summed E-state index contributed by atoms with van der Waals surface area (Å²) in [6.07, 6.45) is 1.42. The molecule has 94 valence electrons. The van der Waals surface area contributed by atoms with Crippen molar-refractivity contribution in [2.75, 3.05) is 0 Å². The fourth-order valence-corrected chi connectivity index (χ4v) is 2.74. The van der Waals surface area contributed by atoms with Crippen LogP contribution in [-0.2, 0) is 0 Å². The van der Waals surface area contributed by atoms with Crippen molar-refractivity contribution in [2.45, 2.75) is 31.0 Å². The highest BCUT2D eigenvalue weighted by molar-refractivity contribution is 9.10. The molecule has 0 saturated carbocycles. The number of halogens is 2. The van der Waals surface area contributed by atoms with Crippen LogP contribution in [-0.4, -0.2) is 19.9 Å². The summed E-state index contributed by atoms with van der Waals surface area (Å²) in [6.45, 7) is 5.95. The van der Waals surface area contributed by atoms with Gasteiger partial charge < -0.3 is 0 Å². The molecule has 18 heavy (non-hydrogen) atoms. The van der Waals surface area contributed by atoms with E-state index in [2.05, 4.69) is 35.9 Å². The van der Waals surface area contributed by atoms with Crippen LogP contribution >= 0.6 is 39.3 Å². The molecular formula is C11H10BrClN4S. The molecule has 2 aromatic heterocycles. The minimum atomic E-state index is 0.382. The molecule has 0 radical (unpaired) electrons. The molecule has 4 nitrogen and oxygen atoms in total. The molecule has 0 bridgehead atoms. The van der Waals surface area contributed by atoms with Crippen LogP contribution < -0.4 is 0 Å². The molecule has 0 atom stereocenters. The summed E-state index contributed by atoms with van der Waals surface area (Å²) in [5.74, 6) is 0. The normalized spacial score (nSPS) is 10.7. The molecule has 2 heterocycles. The largest absolute Gasteiger partial charge is 0.228 e. The average molecular weight is 346 g/mol. The van der Waals surface area contributed by atoms with Gasteiger partial charge in [-0.15, -0.1) is 0 Å². The van der Waals surface area contributed by atoms with E-state index in [1.54, 1.807) is 0 Å². The van der Waals surface area contributed by atoms with Gasteiger partial charge in [0.1, 0.15) is 16.5 Å². The van der Waals surface area contributed by atoms with E-state index in [0.29, 0.717) is 19.8 Å². The second-order valence-corrected chi connectivity index (χ2v) is 5.79. The average Bonchev–Trinajstić information content (AvgIpc) is 2.32. The minimum Gasteiger partial charge on any atom is -0.228 e. The number of rotatable bonds is 2. The van der Waals surface area contributed by atoms with Gasteiger partial charge in [0, 0.05) is 11.4 Å². The zero-order valence-corrected chi connectivity index (χ0v) is 13.2. The highest BCUT2D eigenvalue weighted by Crippen LogP contribution is 2.33. The molecule has 0 aliphatic heterocycles. The molecule has 0 spiro atoms. The predicted molar refractivity (Wildman–Crippen MR) is 75.1 cm³/mol. The van der Waals surface area contributed by atoms with Crippen molar-refractivity contribution in [1.29, 1.82) is 0 Å². The number of aromatic nitrogens is 4. The summed E-state index contributed by atoms with van der Waals surface area (Å²) < 4.78 is 0.663. The third kappa shape index (κ3) is 2.81. The fourth-order valence-electron chi connectivity index (χ4n) is 1.28. The lowest BCUT2D eigenvalue weighted by Crippen LogP contribution is -1.98. The minimum absolute atomic E-state index is 0.382. The molecule has 7 heteroatoms. The van der Waals surface area contributed by atoms with Crippen molar-refractivity contribution in [3.05, 3.63) is 32.9 Å². The zero-order chi connectivity index (χ0) is 13.3. The zero-order valence-electron chi connectivity index (χ0n) is 10.0. The first-order valence-electron chi connectivity index (χ1n) is 5.14. The maximum Gasteiger partial charge on any atom is 0.194 e. The van der Waals surface area contributed by atoms with Gasteiger partial charge in [0.2, 0.25) is 0 Å². The Morgan fingerprint density at radius 2 is 1.72 bits per heavy atom. The fraction of sp³-hybridized carbons (Fsp3) is 0.273. The van der Waals surface area contributed by atoms with Crippen molar-refractivity contribution >= 4 is 39.3 Å². The topological polar surface area (TPSA) is 51.6 Å². The summed E-state index contributed by atoms with van der Waals surface area (Å²) in [7, 11) is 0. The van der Waals surface area contributed by atoms with E-state index in [-0.39, 0.29) is 0 Å². The first-order chi connectivity index (χ1) is 8.49.